The maximum atomic E-state index is 13.6. The van der Waals surface area contributed by atoms with Crippen LogP contribution in [0.15, 0.2) is 42.5 Å². The molecule has 0 spiro atoms. The first-order valence-corrected chi connectivity index (χ1v) is 6.57. The number of halogens is 3. The molecule has 0 saturated carbocycles. The van der Waals surface area contributed by atoms with Crippen molar-refractivity contribution >= 4 is 23.2 Å². The van der Waals surface area contributed by atoms with Gasteiger partial charge in [-0.25, -0.2) is 4.39 Å². The summed E-state index contributed by atoms with van der Waals surface area (Å²) in [5.74, 6) is -0.346. The van der Waals surface area contributed by atoms with Crippen LogP contribution in [0.5, 0.6) is 0 Å². The van der Waals surface area contributed by atoms with Gasteiger partial charge in [0.15, 0.2) is 0 Å². The topological polar surface area (TPSA) is 20.2 Å². The zero-order valence-corrected chi connectivity index (χ0v) is 11.8. The molecule has 0 aromatic heterocycles. The van der Waals surface area contributed by atoms with Crippen molar-refractivity contribution in [1.29, 1.82) is 0 Å². The molecule has 0 bridgehead atoms. The van der Waals surface area contributed by atoms with Gasteiger partial charge in [-0.15, -0.1) is 0 Å². The van der Waals surface area contributed by atoms with Crippen LogP contribution in [0.4, 0.5) is 4.39 Å². The Bertz CT molecular complexity index is 596. The van der Waals surface area contributed by atoms with Gasteiger partial charge in [-0.05, 0) is 36.8 Å². The molecule has 0 amide bonds. The van der Waals surface area contributed by atoms with Crippen molar-refractivity contribution in [2.24, 2.45) is 0 Å². The Morgan fingerprint density at radius 1 is 1.16 bits per heavy atom. The van der Waals surface area contributed by atoms with E-state index in [1.165, 1.54) is 6.07 Å². The molecule has 0 aliphatic rings. The van der Waals surface area contributed by atoms with Crippen molar-refractivity contribution in [3.63, 3.8) is 0 Å². The van der Waals surface area contributed by atoms with E-state index in [0.29, 0.717) is 21.2 Å². The number of aliphatic hydroxyl groups is 1. The molecule has 1 atom stereocenters. The fourth-order valence-electron chi connectivity index (χ4n) is 2.02. The summed E-state index contributed by atoms with van der Waals surface area (Å²) in [4.78, 5) is 0. The molecule has 1 unspecified atom stereocenters. The third kappa shape index (κ3) is 3.27. The van der Waals surface area contributed by atoms with Gasteiger partial charge in [0.05, 0.1) is 5.60 Å². The lowest BCUT2D eigenvalue weighted by Gasteiger charge is -2.25. The van der Waals surface area contributed by atoms with E-state index in [1.807, 2.05) is 0 Å². The maximum absolute atomic E-state index is 13.6. The van der Waals surface area contributed by atoms with Crippen molar-refractivity contribution < 1.29 is 9.50 Å². The van der Waals surface area contributed by atoms with Crippen LogP contribution in [0.25, 0.3) is 0 Å². The highest BCUT2D eigenvalue weighted by atomic mass is 35.5. The molecule has 100 valence electrons. The molecule has 0 saturated heterocycles. The second-order valence-electron chi connectivity index (χ2n) is 4.67. The summed E-state index contributed by atoms with van der Waals surface area (Å²) in [6.45, 7) is 1.59. The van der Waals surface area contributed by atoms with E-state index >= 15 is 0 Å². The van der Waals surface area contributed by atoms with Crippen LogP contribution in [0.2, 0.25) is 10.0 Å². The summed E-state index contributed by atoms with van der Waals surface area (Å²) in [5, 5.41) is 11.4. The van der Waals surface area contributed by atoms with Gasteiger partial charge in [-0.1, -0.05) is 41.4 Å². The Hall–Kier alpha value is -1.09. The first-order valence-electron chi connectivity index (χ1n) is 5.81. The van der Waals surface area contributed by atoms with Gasteiger partial charge >= 0.3 is 0 Å². The zero-order valence-electron chi connectivity index (χ0n) is 10.3. The predicted octanol–water partition coefficient (Wildman–Crippen LogP) is 4.58. The zero-order chi connectivity index (χ0) is 14.0. The third-order valence-electron chi connectivity index (χ3n) is 3.00. The Morgan fingerprint density at radius 3 is 2.53 bits per heavy atom. The molecule has 0 aliphatic heterocycles. The molecule has 2 rings (SSSR count). The minimum Gasteiger partial charge on any atom is -0.385 e. The smallest absolute Gasteiger partial charge is 0.126 e. The molecule has 2 aromatic rings. The average molecular weight is 299 g/mol. The van der Waals surface area contributed by atoms with E-state index in [-0.39, 0.29) is 12.2 Å². The number of hydrogen-bond acceptors (Lipinski definition) is 1. The molecule has 2 aromatic carbocycles. The van der Waals surface area contributed by atoms with Gasteiger partial charge in [0.1, 0.15) is 5.82 Å². The Kier molecular flexibility index (Phi) is 4.14. The van der Waals surface area contributed by atoms with Gasteiger partial charge in [0, 0.05) is 22.0 Å². The van der Waals surface area contributed by atoms with Crippen LogP contribution >= 0.6 is 23.2 Å². The summed E-state index contributed by atoms with van der Waals surface area (Å²) in [6, 6.07) is 11.2. The lowest BCUT2D eigenvalue weighted by atomic mass is 9.89. The third-order valence-corrected chi connectivity index (χ3v) is 3.57. The van der Waals surface area contributed by atoms with E-state index in [0.717, 1.165) is 0 Å². The molecule has 0 aliphatic carbocycles. The van der Waals surface area contributed by atoms with Gasteiger partial charge in [-0.3, -0.25) is 0 Å². The summed E-state index contributed by atoms with van der Waals surface area (Å²) in [5.41, 5.74) is -0.363. The molecule has 1 N–H and O–H groups in total. The van der Waals surface area contributed by atoms with Crippen LogP contribution in [-0.4, -0.2) is 5.11 Å². The van der Waals surface area contributed by atoms with Gasteiger partial charge in [-0.2, -0.15) is 0 Å². The highest BCUT2D eigenvalue weighted by Gasteiger charge is 2.27. The fourth-order valence-corrected chi connectivity index (χ4v) is 2.51. The Balaban J connectivity index is 2.37. The highest BCUT2D eigenvalue weighted by Crippen LogP contribution is 2.33. The predicted molar refractivity (Wildman–Crippen MR) is 76.1 cm³/mol. The SMILES string of the molecule is CC(O)(Cc1ccccc1F)c1cc(Cl)ccc1Cl. The summed E-state index contributed by atoms with van der Waals surface area (Å²) >= 11 is 12.0. The number of benzene rings is 2. The van der Waals surface area contributed by atoms with E-state index in [9.17, 15) is 9.50 Å². The molecular weight excluding hydrogens is 286 g/mol. The van der Waals surface area contributed by atoms with Crippen molar-refractivity contribution in [2.45, 2.75) is 18.9 Å². The quantitative estimate of drug-likeness (QED) is 0.879. The van der Waals surface area contributed by atoms with Crippen molar-refractivity contribution in [2.75, 3.05) is 0 Å². The van der Waals surface area contributed by atoms with Crippen LogP contribution in [-0.2, 0) is 12.0 Å². The lowest BCUT2D eigenvalue weighted by Crippen LogP contribution is -2.25. The van der Waals surface area contributed by atoms with Crippen LogP contribution < -0.4 is 0 Å². The molecule has 4 heteroatoms. The normalized spacial score (nSPS) is 14.2. The fraction of sp³-hybridized carbons (Fsp3) is 0.200. The first-order chi connectivity index (χ1) is 8.90. The van der Waals surface area contributed by atoms with Crippen molar-refractivity contribution in [3.05, 3.63) is 69.5 Å². The second kappa shape index (κ2) is 5.49. The largest absolute Gasteiger partial charge is 0.385 e. The Labute approximate surface area is 121 Å². The molecule has 0 heterocycles. The summed E-state index contributed by atoms with van der Waals surface area (Å²) < 4.78 is 13.6. The Morgan fingerprint density at radius 2 is 1.84 bits per heavy atom. The van der Waals surface area contributed by atoms with E-state index in [1.54, 1.807) is 43.3 Å². The maximum Gasteiger partial charge on any atom is 0.126 e. The highest BCUT2D eigenvalue weighted by molar-refractivity contribution is 6.33. The molecule has 0 radical (unpaired) electrons. The van der Waals surface area contributed by atoms with Gasteiger partial charge < -0.3 is 5.11 Å². The monoisotopic (exact) mass is 298 g/mol. The molecule has 19 heavy (non-hydrogen) atoms. The van der Waals surface area contributed by atoms with Crippen LogP contribution in [0, 0.1) is 5.82 Å². The average Bonchev–Trinajstić information content (AvgIpc) is 2.35. The summed E-state index contributed by atoms with van der Waals surface area (Å²) in [6.07, 6.45) is 0.125. The second-order valence-corrected chi connectivity index (χ2v) is 5.51. The summed E-state index contributed by atoms with van der Waals surface area (Å²) in [7, 11) is 0. The van der Waals surface area contributed by atoms with E-state index < -0.39 is 5.60 Å². The number of rotatable bonds is 3. The molecule has 0 fully saturated rings. The van der Waals surface area contributed by atoms with E-state index in [2.05, 4.69) is 0 Å². The molecular formula is C15H13Cl2FO. The van der Waals surface area contributed by atoms with Crippen molar-refractivity contribution in [1.82, 2.24) is 0 Å². The standard InChI is InChI=1S/C15H13Cl2FO/c1-15(19,9-10-4-2-3-5-14(10)18)12-8-11(16)6-7-13(12)17/h2-8,19H,9H2,1H3. The lowest BCUT2D eigenvalue weighted by molar-refractivity contribution is 0.0568. The van der Waals surface area contributed by atoms with Crippen molar-refractivity contribution in [3.8, 4) is 0 Å². The minimum atomic E-state index is -1.29. The van der Waals surface area contributed by atoms with E-state index in [4.69, 9.17) is 23.2 Å². The van der Waals surface area contributed by atoms with Gasteiger partial charge in [0.25, 0.3) is 0 Å². The minimum absolute atomic E-state index is 0.125. The number of hydrogen-bond donors (Lipinski definition) is 1. The van der Waals surface area contributed by atoms with Crippen LogP contribution in [0.3, 0.4) is 0 Å². The molecule has 1 nitrogen and oxygen atoms in total. The van der Waals surface area contributed by atoms with Gasteiger partial charge in [0.2, 0.25) is 0 Å². The first kappa shape index (κ1) is 14.3. The van der Waals surface area contributed by atoms with Crippen LogP contribution in [0.1, 0.15) is 18.1 Å².